The molecule has 27 heavy (non-hydrogen) atoms. The highest BCUT2D eigenvalue weighted by Gasteiger charge is 2.11. The number of fused-ring (bicyclic) bond motifs is 1. The smallest absolute Gasteiger partial charge is 0.306 e. The average Bonchev–Trinajstić information content (AvgIpc) is 3.08. The number of carbonyl (C=O) groups excluding carboxylic acids is 2. The SMILES string of the molecule is CN(C)c1ccc(NC(=O)COC(=O)CCc2nc3ccccc3o2)cc1. The molecule has 1 aromatic heterocycles. The van der Waals surface area contributed by atoms with Gasteiger partial charge in [-0.15, -0.1) is 0 Å². The second kappa shape index (κ2) is 8.35. The van der Waals surface area contributed by atoms with E-state index in [9.17, 15) is 9.59 Å². The van der Waals surface area contributed by atoms with E-state index >= 15 is 0 Å². The van der Waals surface area contributed by atoms with Crippen molar-refractivity contribution in [3.63, 3.8) is 0 Å². The normalized spacial score (nSPS) is 10.6. The Morgan fingerprint density at radius 3 is 2.56 bits per heavy atom. The van der Waals surface area contributed by atoms with Crippen molar-refractivity contribution < 1.29 is 18.7 Å². The number of rotatable bonds is 7. The predicted octanol–water partition coefficient (Wildman–Crippen LogP) is 3.01. The summed E-state index contributed by atoms with van der Waals surface area (Å²) in [4.78, 5) is 30.0. The topological polar surface area (TPSA) is 84.7 Å². The molecule has 3 rings (SSSR count). The number of para-hydroxylation sites is 2. The van der Waals surface area contributed by atoms with Gasteiger partial charge in [-0.3, -0.25) is 9.59 Å². The molecule has 0 spiro atoms. The largest absolute Gasteiger partial charge is 0.456 e. The molecule has 3 aromatic rings. The first-order chi connectivity index (χ1) is 13.0. The maximum Gasteiger partial charge on any atom is 0.306 e. The van der Waals surface area contributed by atoms with Gasteiger partial charge in [0.2, 0.25) is 0 Å². The Kier molecular flexibility index (Phi) is 5.71. The molecular formula is C20H21N3O4. The Hall–Kier alpha value is -3.35. The van der Waals surface area contributed by atoms with Crippen LogP contribution >= 0.6 is 0 Å². The van der Waals surface area contributed by atoms with Crippen molar-refractivity contribution >= 4 is 34.4 Å². The number of anilines is 2. The highest BCUT2D eigenvalue weighted by molar-refractivity contribution is 5.92. The zero-order valence-electron chi connectivity index (χ0n) is 15.3. The van der Waals surface area contributed by atoms with Crippen molar-refractivity contribution in [2.75, 3.05) is 30.9 Å². The molecule has 0 aliphatic heterocycles. The van der Waals surface area contributed by atoms with Gasteiger partial charge in [-0.05, 0) is 36.4 Å². The number of esters is 1. The van der Waals surface area contributed by atoms with Gasteiger partial charge in [-0.25, -0.2) is 4.98 Å². The molecule has 7 nitrogen and oxygen atoms in total. The minimum atomic E-state index is -0.477. The summed E-state index contributed by atoms with van der Waals surface area (Å²) >= 11 is 0. The van der Waals surface area contributed by atoms with Crippen LogP contribution in [0.3, 0.4) is 0 Å². The van der Waals surface area contributed by atoms with Crippen molar-refractivity contribution in [2.45, 2.75) is 12.8 Å². The molecule has 1 heterocycles. The van der Waals surface area contributed by atoms with E-state index in [1.807, 2.05) is 55.4 Å². The Morgan fingerprint density at radius 2 is 1.85 bits per heavy atom. The molecule has 0 unspecified atom stereocenters. The van der Waals surface area contributed by atoms with E-state index in [-0.39, 0.29) is 18.9 Å². The highest BCUT2D eigenvalue weighted by atomic mass is 16.5. The van der Waals surface area contributed by atoms with Gasteiger partial charge >= 0.3 is 5.97 Å². The zero-order valence-corrected chi connectivity index (χ0v) is 15.3. The molecule has 0 bridgehead atoms. The van der Waals surface area contributed by atoms with E-state index in [0.717, 1.165) is 11.2 Å². The minimum Gasteiger partial charge on any atom is -0.456 e. The molecule has 1 amide bonds. The summed E-state index contributed by atoms with van der Waals surface area (Å²) in [6.07, 6.45) is 0.415. The van der Waals surface area contributed by atoms with Crippen molar-refractivity contribution in [3.8, 4) is 0 Å². The van der Waals surface area contributed by atoms with E-state index < -0.39 is 5.97 Å². The van der Waals surface area contributed by atoms with Crippen molar-refractivity contribution in [2.24, 2.45) is 0 Å². The second-order valence-electron chi connectivity index (χ2n) is 6.23. The molecule has 0 saturated heterocycles. The Morgan fingerprint density at radius 1 is 1.11 bits per heavy atom. The van der Waals surface area contributed by atoms with Gasteiger partial charge in [0, 0.05) is 31.9 Å². The standard InChI is InChI=1S/C20H21N3O4/c1-23(2)15-9-7-14(8-10-15)21-18(24)13-26-20(25)12-11-19-22-16-5-3-4-6-17(16)27-19/h3-10H,11-13H2,1-2H3,(H,21,24). The Bertz CT molecular complexity index is 899. The summed E-state index contributed by atoms with van der Waals surface area (Å²) in [5.74, 6) is -0.392. The van der Waals surface area contributed by atoms with Gasteiger partial charge in [0.05, 0.1) is 6.42 Å². The van der Waals surface area contributed by atoms with Crippen molar-refractivity contribution in [1.82, 2.24) is 4.98 Å². The number of oxazole rings is 1. The maximum atomic E-state index is 11.9. The summed E-state index contributed by atoms with van der Waals surface area (Å²) in [6.45, 7) is -0.332. The van der Waals surface area contributed by atoms with Gasteiger partial charge in [0.25, 0.3) is 5.91 Å². The fourth-order valence-corrected chi connectivity index (χ4v) is 2.49. The van der Waals surface area contributed by atoms with E-state index in [4.69, 9.17) is 9.15 Å². The van der Waals surface area contributed by atoms with Crippen molar-refractivity contribution in [3.05, 3.63) is 54.4 Å². The molecule has 0 fully saturated rings. The summed E-state index contributed by atoms with van der Waals surface area (Å²) in [5, 5.41) is 2.69. The number of nitrogens with zero attached hydrogens (tertiary/aromatic N) is 2. The number of amides is 1. The van der Waals surface area contributed by atoms with Gasteiger partial charge in [-0.2, -0.15) is 0 Å². The molecule has 0 radical (unpaired) electrons. The van der Waals surface area contributed by atoms with Crippen LogP contribution in [0.15, 0.2) is 52.9 Å². The molecule has 0 aliphatic rings. The Labute approximate surface area is 156 Å². The van der Waals surface area contributed by atoms with Crippen LogP contribution in [-0.2, 0) is 20.7 Å². The molecule has 140 valence electrons. The summed E-state index contributed by atoms with van der Waals surface area (Å²) < 4.78 is 10.6. The third kappa shape index (κ3) is 5.07. The van der Waals surface area contributed by atoms with E-state index in [1.54, 1.807) is 12.1 Å². The quantitative estimate of drug-likeness (QED) is 0.646. The number of carbonyl (C=O) groups is 2. The molecule has 0 atom stereocenters. The van der Waals surface area contributed by atoms with Crippen LogP contribution in [0, 0.1) is 0 Å². The number of ether oxygens (including phenoxy) is 1. The lowest BCUT2D eigenvalue weighted by molar-refractivity contribution is -0.147. The summed E-state index contributed by atoms with van der Waals surface area (Å²) in [6, 6.07) is 14.8. The molecule has 0 aliphatic carbocycles. The number of hydrogen-bond acceptors (Lipinski definition) is 6. The first-order valence-electron chi connectivity index (χ1n) is 8.58. The maximum absolute atomic E-state index is 11.9. The van der Waals surface area contributed by atoms with Crippen LogP contribution in [0.5, 0.6) is 0 Å². The van der Waals surface area contributed by atoms with Crippen LogP contribution in [0.1, 0.15) is 12.3 Å². The third-order valence-electron chi connectivity index (χ3n) is 3.91. The lowest BCUT2D eigenvalue weighted by Gasteiger charge is -2.13. The van der Waals surface area contributed by atoms with Gasteiger partial charge in [0.15, 0.2) is 18.1 Å². The Balaban J connectivity index is 1.42. The van der Waals surface area contributed by atoms with Gasteiger partial charge in [-0.1, -0.05) is 12.1 Å². The van der Waals surface area contributed by atoms with Crippen LogP contribution < -0.4 is 10.2 Å². The third-order valence-corrected chi connectivity index (χ3v) is 3.91. The molecule has 2 aromatic carbocycles. The average molecular weight is 367 g/mol. The number of aryl methyl sites for hydroxylation is 1. The number of nitrogens with one attached hydrogen (secondary N) is 1. The molecular weight excluding hydrogens is 346 g/mol. The first-order valence-corrected chi connectivity index (χ1v) is 8.58. The minimum absolute atomic E-state index is 0.0949. The van der Waals surface area contributed by atoms with E-state index in [1.165, 1.54) is 0 Å². The summed E-state index contributed by atoms with van der Waals surface area (Å²) in [5.41, 5.74) is 3.10. The monoisotopic (exact) mass is 367 g/mol. The fraction of sp³-hybridized carbons (Fsp3) is 0.250. The van der Waals surface area contributed by atoms with Crippen LogP contribution in [0.2, 0.25) is 0 Å². The number of benzene rings is 2. The van der Waals surface area contributed by atoms with E-state index in [0.29, 0.717) is 23.6 Å². The van der Waals surface area contributed by atoms with E-state index in [2.05, 4.69) is 10.3 Å². The molecule has 7 heteroatoms. The van der Waals surface area contributed by atoms with Crippen LogP contribution in [0.25, 0.3) is 11.1 Å². The predicted molar refractivity (Wildman–Crippen MR) is 103 cm³/mol. The zero-order chi connectivity index (χ0) is 19.2. The fourth-order valence-electron chi connectivity index (χ4n) is 2.49. The number of hydrogen-bond donors (Lipinski definition) is 1. The summed E-state index contributed by atoms with van der Waals surface area (Å²) in [7, 11) is 3.88. The van der Waals surface area contributed by atoms with Crippen LogP contribution in [-0.4, -0.2) is 37.6 Å². The van der Waals surface area contributed by atoms with Crippen LogP contribution in [0.4, 0.5) is 11.4 Å². The second-order valence-corrected chi connectivity index (χ2v) is 6.23. The van der Waals surface area contributed by atoms with Gasteiger partial charge < -0.3 is 19.4 Å². The lowest BCUT2D eigenvalue weighted by atomic mass is 10.2. The lowest BCUT2D eigenvalue weighted by Crippen LogP contribution is -2.21. The molecule has 0 saturated carbocycles. The van der Waals surface area contributed by atoms with Crippen molar-refractivity contribution in [1.29, 1.82) is 0 Å². The highest BCUT2D eigenvalue weighted by Crippen LogP contribution is 2.16. The molecule has 1 N–H and O–H groups in total. The number of aromatic nitrogens is 1. The first kappa shape index (κ1) is 18.4. The van der Waals surface area contributed by atoms with Gasteiger partial charge in [0.1, 0.15) is 5.52 Å².